The van der Waals surface area contributed by atoms with E-state index in [1.54, 1.807) is 11.3 Å². The van der Waals surface area contributed by atoms with Crippen LogP contribution in [0.25, 0.3) is 0 Å². The quantitative estimate of drug-likeness (QED) is 0.415. The smallest absolute Gasteiger partial charge is 0.0469 e. The summed E-state index contributed by atoms with van der Waals surface area (Å²) in [4.78, 5) is 0. The molecule has 0 amide bonds. The molecule has 3 N–H and O–H groups in total. The first kappa shape index (κ1) is 11.7. The average molecular weight is 214 g/mol. The van der Waals surface area contributed by atoms with Crippen molar-refractivity contribution in [3.05, 3.63) is 22.4 Å². The molecule has 1 atom stereocenters. The molecule has 0 bridgehead atoms. The molecule has 14 heavy (non-hydrogen) atoms. The number of hydrazine groups is 1. The number of hydrogen-bond donors (Lipinski definition) is 2. The summed E-state index contributed by atoms with van der Waals surface area (Å²) in [7, 11) is 0. The van der Waals surface area contributed by atoms with Gasteiger partial charge < -0.3 is 4.74 Å². The van der Waals surface area contributed by atoms with E-state index in [2.05, 4.69) is 22.3 Å². The van der Waals surface area contributed by atoms with Crippen LogP contribution in [0.5, 0.6) is 0 Å². The molecule has 0 saturated carbocycles. The Hall–Kier alpha value is -0.420. The summed E-state index contributed by atoms with van der Waals surface area (Å²) in [6, 6.07) is 2.37. The van der Waals surface area contributed by atoms with Gasteiger partial charge in [0, 0.05) is 19.3 Å². The number of ether oxygens (including phenoxy) is 1. The molecule has 1 rings (SSSR count). The average Bonchev–Trinajstić information content (AvgIpc) is 2.71. The molecule has 0 aromatic carbocycles. The van der Waals surface area contributed by atoms with Crippen molar-refractivity contribution in [2.75, 3.05) is 13.2 Å². The second kappa shape index (κ2) is 6.95. The van der Waals surface area contributed by atoms with E-state index in [9.17, 15) is 0 Å². The second-order valence-corrected chi connectivity index (χ2v) is 3.90. The molecule has 4 heteroatoms. The van der Waals surface area contributed by atoms with Gasteiger partial charge >= 0.3 is 0 Å². The van der Waals surface area contributed by atoms with E-state index in [4.69, 9.17) is 10.6 Å². The SMILES string of the molecule is CCOCCCC(NN)c1ccsc1. The molecular formula is C10H18N2OS. The largest absolute Gasteiger partial charge is 0.382 e. The van der Waals surface area contributed by atoms with Crippen LogP contribution in [0.2, 0.25) is 0 Å². The fourth-order valence-electron chi connectivity index (χ4n) is 1.35. The Morgan fingerprint density at radius 1 is 1.64 bits per heavy atom. The Kier molecular flexibility index (Phi) is 5.78. The van der Waals surface area contributed by atoms with Crippen LogP contribution in [-0.4, -0.2) is 13.2 Å². The fourth-order valence-corrected chi connectivity index (χ4v) is 2.07. The molecule has 0 aliphatic heterocycles. The maximum atomic E-state index is 5.49. The minimum absolute atomic E-state index is 0.265. The lowest BCUT2D eigenvalue weighted by atomic mass is 10.1. The van der Waals surface area contributed by atoms with Crippen LogP contribution in [0, 0.1) is 0 Å². The van der Waals surface area contributed by atoms with Gasteiger partial charge in [0.2, 0.25) is 0 Å². The molecule has 0 aliphatic rings. The minimum atomic E-state index is 0.265. The van der Waals surface area contributed by atoms with Crippen LogP contribution >= 0.6 is 11.3 Å². The first-order valence-electron chi connectivity index (χ1n) is 4.94. The number of hydrogen-bond acceptors (Lipinski definition) is 4. The molecule has 0 aliphatic carbocycles. The van der Waals surface area contributed by atoms with E-state index in [-0.39, 0.29) is 6.04 Å². The van der Waals surface area contributed by atoms with E-state index in [0.29, 0.717) is 0 Å². The van der Waals surface area contributed by atoms with Gasteiger partial charge in [-0.25, -0.2) is 0 Å². The lowest BCUT2D eigenvalue weighted by Crippen LogP contribution is -2.27. The third kappa shape index (κ3) is 3.75. The normalized spacial score (nSPS) is 13.0. The van der Waals surface area contributed by atoms with Crippen LogP contribution in [0.1, 0.15) is 31.4 Å². The molecule has 1 unspecified atom stereocenters. The molecular weight excluding hydrogens is 196 g/mol. The third-order valence-corrected chi connectivity index (χ3v) is 2.83. The van der Waals surface area contributed by atoms with Crippen molar-refractivity contribution in [3.8, 4) is 0 Å². The fraction of sp³-hybridized carbons (Fsp3) is 0.600. The molecule has 0 saturated heterocycles. The van der Waals surface area contributed by atoms with E-state index in [1.807, 2.05) is 6.92 Å². The number of rotatable bonds is 7. The van der Waals surface area contributed by atoms with Gasteiger partial charge in [0.15, 0.2) is 0 Å². The summed E-state index contributed by atoms with van der Waals surface area (Å²) in [6.07, 6.45) is 2.06. The molecule has 0 spiro atoms. The summed E-state index contributed by atoms with van der Waals surface area (Å²) in [5.74, 6) is 5.49. The lowest BCUT2D eigenvalue weighted by molar-refractivity contribution is 0.141. The first-order chi connectivity index (χ1) is 6.88. The molecule has 80 valence electrons. The van der Waals surface area contributed by atoms with Gasteiger partial charge in [-0.05, 0) is 42.2 Å². The van der Waals surface area contributed by atoms with Crippen LogP contribution in [0.4, 0.5) is 0 Å². The highest BCUT2D eigenvalue weighted by Crippen LogP contribution is 2.19. The summed E-state index contributed by atoms with van der Waals surface area (Å²) in [5, 5.41) is 4.20. The Morgan fingerprint density at radius 2 is 2.50 bits per heavy atom. The lowest BCUT2D eigenvalue weighted by Gasteiger charge is -2.14. The van der Waals surface area contributed by atoms with Gasteiger partial charge in [-0.3, -0.25) is 11.3 Å². The number of nitrogens with two attached hydrogens (primary N) is 1. The standard InChI is InChI=1S/C10H18N2OS/c1-2-13-6-3-4-10(12-11)9-5-7-14-8-9/h5,7-8,10,12H,2-4,6,11H2,1H3. The Morgan fingerprint density at radius 3 is 3.07 bits per heavy atom. The van der Waals surface area contributed by atoms with Gasteiger partial charge in [-0.2, -0.15) is 11.3 Å². The molecule has 0 radical (unpaired) electrons. The Balaban J connectivity index is 2.26. The van der Waals surface area contributed by atoms with E-state index >= 15 is 0 Å². The zero-order chi connectivity index (χ0) is 10.2. The third-order valence-electron chi connectivity index (χ3n) is 2.13. The van der Waals surface area contributed by atoms with Gasteiger partial charge in [0.1, 0.15) is 0 Å². The zero-order valence-corrected chi connectivity index (χ0v) is 9.35. The van der Waals surface area contributed by atoms with Crippen molar-refractivity contribution in [2.45, 2.75) is 25.8 Å². The van der Waals surface area contributed by atoms with Gasteiger partial charge in [0.05, 0.1) is 0 Å². The van der Waals surface area contributed by atoms with Gasteiger partial charge in [-0.15, -0.1) is 0 Å². The molecule has 1 aromatic rings. The Labute approximate surface area is 89.2 Å². The summed E-state index contributed by atoms with van der Waals surface area (Å²) in [6.45, 7) is 3.62. The highest BCUT2D eigenvalue weighted by molar-refractivity contribution is 7.07. The van der Waals surface area contributed by atoms with Crippen molar-refractivity contribution in [1.82, 2.24) is 5.43 Å². The van der Waals surface area contributed by atoms with Crippen LogP contribution in [0.3, 0.4) is 0 Å². The topological polar surface area (TPSA) is 47.3 Å². The van der Waals surface area contributed by atoms with Crippen LogP contribution < -0.4 is 11.3 Å². The Bertz CT molecular complexity index is 226. The second-order valence-electron chi connectivity index (χ2n) is 3.12. The maximum Gasteiger partial charge on any atom is 0.0469 e. The molecule has 0 fully saturated rings. The minimum Gasteiger partial charge on any atom is -0.382 e. The molecule has 1 aromatic heterocycles. The predicted molar refractivity (Wildman–Crippen MR) is 60.1 cm³/mol. The van der Waals surface area contributed by atoms with Crippen molar-refractivity contribution < 1.29 is 4.74 Å². The van der Waals surface area contributed by atoms with E-state index < -0.39 is 0 Å². The highest BCUT2D eigenvalue weighted by atomic mass is 32.1. The highest BCUT2D eigenvalue weighted by Gasteiger charge is 2.08. The van der Waals surface area contributed by atoms with Crippen LogP contribution in [-0.2, 0) is 4.74 Å². The maximum absolute atomic E-state index is 5.49. The van der Waals surface area contributed by atoms with Gasteiger partial charge in [0.25, 0.3) is 0 Å². The summed E-state index contributed by atoms with van der Waals surface area (Å²) >= 11 is 1.70. The monoisotopic (exact) mass is 214 g/mol. The van der Waals surface area contributed by atoms with E-state index in [1.165, 1.54) is 5.56 Å². The van der Waals surface area contributed by atoms with Crippen molar-refractivity contribution in [2.24, 2.45) is 5.84 Å². The van der Waals surface area contributed by atoms with E-state index in [0.717, 1.165) is 26.1 Å². The number of nitrogens with one attached hydrogen (secondary N) is 1. The van der Waals surface area contributed by atoms with Crippen molar-refractivity contribution in [3.63, 3.8) is 0 Å². The summed E-state index contributed by atoms with van der Waals surface area (Å²) < 4.78 is 5.28. The van der Waals surface area contributed by atoms with Crippen molar-refractivity contribution in [1.29, 1.82) is 0 Å². The summed E-state index contributed by atoms with van der Waals surface area (Å²) in [5.41, 5.74) is 4.10. The zero-order valence-electron chi connectivity index (χ0n) is 8.53. The molecule has 3 nitrogen and oxygen atoms in total. The van der Waals surface area contributed by atoms with Crippen LogP contribution in [0.15, 0.2) is 16.8 Å². The first-order valence-corrected chi connectivity index (χ1v) is 5.88. The molecule has 1 heterocycles. The predicted octanol–water partition coefficient (Wildman–Crippen LogP) is 2.07. The van der Waals surface area contributed by atoms with Crippen molar-refractivity contribution >= 4 is 11.3 Å². The van der Waals surface area contributed by atoms with Gasteiger partial charge in [-0.1, -0.05) is 0 Å². The number of thiophene rings is 1.